The summed E-state index contributed by atoms with van der Waals surface area (Å²) in [5.74, 6) is 0.726. The Hall–Kier alpha value is -0.870. The van der Waals surface area contributed by atoms with Gasteiger partial charge in [-0.15, -0.1) is 0 Å². The fraction of sp³-hybridized carbons (Fsp3) is 0.417. The van der Waals surface area contributed by atoms with Gasteiger partial charge in [0.05, 0.1) is 23.6 Å². The Morgan fingerprint density at radius 1 is 1.56 bits per heavy atom. The smallest absolute Gasteiger partial charge is 0.171 e. The first-order chi connectivity index (χ1) is 7.63. The molecule has 3 nitrogen and oxygen atoms in total. The van der Waals surface area contributed by atoms with Crippen LogP contribution in [0.2, 0.25) is 0 Å². The normalized spacial score (nSPS) is 16.9. The van der Waals surface area contributed by atoms with Crippen LogP contribution in [0, 0.1) is 5.41 Å². The number of aliphatic hydroxyl groups excluding tert-OH is 1. The monoisotopic (exact) mass is 284 g/mol. The summed E-state index contributed by atoms with van der Waals surface area (Å²) in [5, 5.41) is 9.20. The van der Waals surface area contributed by atoms with Crippen molar-refractivity contribution in [3.05, 3.63) is 28.2 Å². The maximum Gasteiger partial charge on any atom is 0.171 e. The van der Waals surface area contributed by atoms with E-state index in [2.05, 4.69) is 15.9 Å². The highest BCUT2D eigenvalue weighted by Gasteiger charge is 2.49. The summed E-state index contributed by atoms with van der Waals surface area (Å²) in [7, 11) is 1.58. The first-order valence-electron chi connectivity index (χ1n) is 5.12. The maximum absolute atomic E-state index is 12.1. The third-order valence-electron chi connectivity index (χ3n) is 3.05. The van der Waals surface area contributed by atoms with E-state index in [-0.39, 0.29) is 12.4 Å². The number of aliphatic hydroxyl groups is 1. The van der Waals surface area contributed by atoms with Crippen molar-refractivity contribution in [2.24, 2.45) is 5.41 Å². The Kier molecular flexibility index (Phi) is 3.04. The van der Waals surface area contributed by atoms with Crippen molar-refractivity contribution in [2.45, 2.75) is 12.8 Å². The predicted molar refractivity (Wildman–Crippen MR) is 63.8 cm³/mol. The van der Waals surface area contributed by atoms with Gasteiger partial charge in [-0.25, -0.2) is 0 Å². The van der Waals surface area contributed by atoms with E-state index in [9.17, 15) is 9.90 Å². The number of carbonyl (C=O) groups is 1. The Bertz CT molecular complexity index is 424. The fourth-order valence-corrected chi connectivity index (χ4v) is 2.26. The molecule has 1 aromatic rings. The van der Waals surface area contributed by atoms with Crippen molar-refractivity contribution in [3.8, 4) is 5.75 Å². The van der Waals surface area contributed by atoms with E-state index in [4.69, 9.17) is 4.74 Å². The minimum Gasteiger partial charge on any atom is -0.496 e. The van der Waals surface area contributed by atoms with Crippen LogP contribution >= 0.6 is 15.9 Å². The van der Waals surface area contributed by atoms with Gasteiger partial charge in [0.1, 0.15) is 5.75 Å². The second-order valence-electron chi connectivity index (χ2n) is 4.12. The molecule has 0 atom stereocenters. The number of ether oxygens (including phenoxy) is 1. The van der Waals surface area contributed by atoms with Crippen LogP contribution in [0.1, 0.15) is 23.2 Å². The first kappa shape index (κ1) is 11.6. The van der Waals surface area contributed by atoms with Crippen LogP contribution in [0.3, 0.4) is 0 Å². The van der Waals surface area contributed by atoms with E-state index in [0.29, 0.717) is 11.3 Å². The van der Waals surface area contributed by atoms with Gasteiger partial charge in [0.2, 0.25) is 0 Å². The molecule has 0 heterocycles. The van der Waals surface area contributed by atoms with Gasteiger partial charge in [0.25, 0.3) is 0 Å². The molecule has 1 aliphatic carbocycles. The minimum absolute atomic E-state index is 0.0263. The van der Waals surface area contributed by atoms with Crippen molar-refractivity contribution in [2.75, 3.05) is 13.7 Å². The molecule has 0 saturated heterocycles. The highest BCUT2D eigenvalue weighted by atomic mass is 79.9. The van der Waals surface area contributed by atoms with Gasteiger partial charge in [-0.1, -0.05) is 0 Å². The number of methoxy groups -OCH3 is 1. The molecule has 2 rings (SSSR count). The molecular formula is C12H13BrO3. The number of carbonyl (C=O) groups excluding carboxylic acids is 1. The molecule has 0 bridgehead atoms. The summed E-state index contributed by atoms with van der Waals surface area (Å²) in [6.45, 7) is -0.0600. The highest BCUT2D eigenvalue weighted by molar-refractivity contribution is 9.10. The summed E-state index contributed by atoms with van der Waals surface area (Å²) < 4.78 is 5.86. The Labute approximate surface area is 103 Å². The topological polar surface area (TPSA) is 46.5 Å². The van der Waals surface area contributed by atoms with E-state index in [1.54, 1.807) is 25.3 Å². The molecule has 1 fully saturated rings. The highest BCUT2D eigenvalue weighted by Crippen LogP contribution is 2.48. The molecule has 0 unspecified atom stereocenters. The molecule has 1 aromatic carbocycles. The molecule has 16 heavy (non-hydrogen) atoms. The molecule has 86 valence electrons. The zero-order valence-corrected chi connectivity index (χ0v) is 10.6. The summed E-state index contributed by atoms with van der Waals surface area (Å²) in [5.41, 5.74) is 0.118. The summed E-state index contributed by atoms with van der Waals surface area (Å²) in [4.78, 5) is 12.1. The van der Waals surface area contributed by atoms with Gasteiger partial charge in [-0.2, -0.15) is 0 Å². The molecule has 1 saturated carbocycles. The third-order valence-corrected chi connectivity index (χ3v) is 3.67. The number of hydrogen-bond acceptors (Lipinski definition) is 3. The van der Waals surface area contributed by atoms with Gasteiger partial charge < -0.3 is 9.84 Å². The molecule has 4 heteroatoms. The number of ketones is 1. The summed E-state index contributed by atoms with van der Waals surface area (Å²) >= 11 is 3.34. The van der Waals surface area contributed by atoms with Crippen LogP contribution in [0.5, 0.6) is 5.75 Å². The zero-order valence-electron chi connectivity index (χ0n) is 9.00. The fourth-order valence-electron chi connectivity index (χ4n) is 1.72. The van der Waals surface area contributed by atoms with E-state index >= 15 is 0 Å². The van der Waals surface area contributed by atoms with Gasteiger partial charge in [0, 0.05) is 5.56 Å². The number of rotatable bonds is 4. The van der Waals surface area contributed by atoms with Crippen molar-refractivity contribution in [3.63, 3.8) is 0 Å². The van der Waals surface area contributed by atoms with E-state index in [0.717, 1.165) is 17.3 Å². The van der Waals surface area contributed by atoms with Crippen molar-refractivity contribution in [1.29, 1.82) is 0 Å². The van der Waals surface area contributed by atoms with E-state index < -0.39 is 5.41 Å². The van der Waals surface area contributed by atoms with Crippen molar-refractivity contribution < 1.29 is 14.6 Å². The average Bonchev–Trinajstić information content (AvgIpc) is 3.09. The average molecular weight is 285 g/mol. The van der Waals surface area contributed by atoms with Gasteiger partial charge >= 0.3 is 0 Å². The van der Waals surface area contributed by atoms with Crippen molar-refractivity contribution in [1.82, 2.24) is 0 Å². The first-order valence-corrected chi connectivity index (χ1v) is 5.91. The van der Waals surface area contributed by atoms with Crippen LogP contribution < -0.4 is 4.74 Å². The lowest BCUT2D eigenvalue weighted by Crippen LogP contribution is -2.20. The number of hydrogen-bond donors (Lipinski definition) is 1. The minimum atomic E-state index is -0.506. The number of benzene rings is 1. The SMILES string of the molecule is COc1ccc(C(=O)C2(CO)CC2)cc1Br. The lowest BCUT2D eigenvalue weighted by Gasteiger charge is -2.11. The van der Waals surface area contributed by atoms with Crippen LogP contribution in [0.15, 0.2) is 22.7 Å². The molecule has 0 amide bonds. The van der Waals surface area contributed by atoms with Crippen LogP contribution in [-0.2, 0) is 0 Å². The standard InChI is InChI=1S/C12H13BrO3/c1-16-10-3-2-8(6-9(10)13)11(15)12(7-14)4-5-12/h2-3,6,14H,4-5,7H2,1H3. The van der Waals surface area contributed by atoms with Gasteiger partial charge in [0.15, 0.2) is 5.78 Å². The summed E-state index contributed by atoms with van der Waals surface area (Å²) in [6.07, 6.45) is 1.57. The van der Waals surface area contributed by atoms with E-state index in [1.165, 1.54) is 0 Å². The molecule has 0 aromatic heterocycles. The molecule has 0 aliphatic heterocycles. The molecule has 1 N–H and O–H groups in total. The zero-order chi connectivity index (χ0) is 11.8. The predicted octanol–water partition coefficient (Wildman–Crippen LogP) is 2.41. The quantitative estimate of drug-likeness (QED) is 0.864. The van der Waals surface area contributed by atoms with Gasteiger partial charge in [-0.05, 0) is 47.0 Å². The molecular weight excluding hydrogens is 272 g/mol. The second kappa shape index (κ2) is 4.18. The van der Waals surface area contributed by atoms with Crippen molar-refractivity contribution >= 4 is 21.7 Å². The Morgan fingerprint density at radius 3 is 2.69 bits per heavy atom. The summed E-state index contributed by atoms with van der Waals surface area (Å²) in [6, 6.07) is 5.24. The van der Waals surface area contributed by atoms with Crippen LogP contribution in [0.4, 0.5) is 0 Å². The third kappa shape index (κ3) is 1.87. The maximum atomic E-state index is 12.1. The molecule has 0 radical (unpaired) electrons. The van der Waals surface area contributed by atoms with E-state index in [1.807, 2.05) is 0 Å². The lowest BCUT2D eigenvalue weighted by atomic mass is 9.95. The van der Waals surface area contributed by atoms with Gasteiger partial charge in [-0.3, -0.25) is 4.79 Å². The largest absolute Gasteiger partial charge is 0.496 e. The molecule has 0 spiro atoms. The van der Waals surface area contributed by atoms with Crippen LogP contribution in [0.25, 0.3) is 0 Å². The number of Topliss-reactive ketones (excluding diaryl/α,β-unsaturated/α-hetero) is 1. The Morgan fingerprint density at radius 2 is 2.25 bits per heavy atom. The Balaban J connectivity index is 2.28. The molecule has 1 aliphatic rings. The van der Waals surface area contributed by atoms with Crippen LogP contribution in [-0.4, -0.2) is 24.6 Å². The number of halogens is 1. The second-order valence-corrected chi connectivity index (χ2v) is 4.97. The lowest BCUT2D eigenvalue weighted by molar-refractivity contribution is 0.0829.